The van der Waals surface area contributed by atoms with Crippen LogP contribution in [0.1, 0.15) is 24.9 Å². The Bertz CT molecular complexity index is 967. The summed E-state index contributed by atoms with van der Waals surface area (Å²) in [6.07, 6.45) is 4.42. The van der Waals surface area contributed by atoms with E-state index in [2.05, 4.69) is 5.32 Å². The molecule has 5 heteroatoms. The van der Waals surface area contributed by atoms with Crippen LogP contribution in [0.2, 0.25) is 0 Å². The van der Waals surface area contributed by atoms with Crippen molar-refractivity contribution < 1.29 is 9.59 Å². The number of carbonyl (C=O) groups excluding carboxylic acids is 2. The van der Waals surface area contributed by atoms with Crippen molar-refractivity contribution in [3.63, 3.8) is 0 Å². The van der Waals surface area contributed by atoms with E-state index in [1.165, 1.54) is 0 Å². The Labute approximate surface area is 164 Å². The van der Waals surface area contributed by atoms with E-state index in [1.54, 1.807) is 4.90 Å². The lowest BCUT2D eigenvalue weighted by molar-refractivity contribution is -0.132. The van der Waals surface area contributed by atoms with E-state index in [1.807, 2.05) is 90.6 Å². The largest absolute Gasteiger partial charge is 0.349 e. The topological polar surface area (TPSA) is 54.3 Å². The second-order valence-electron chi connectivity index (χ2n) is 7.05. The van der Waals surface area contributed by atoms with Gasteiger partial charge >= 0.3 is 0 Å². The van der Waals surface area contributed by atoms with Gasteiger partial charge in [-0.1, -0.05) is 42.5 Å². The molecule has 2 atom stereocenters. The molecule has 28 heavy (non-hydrogen) atoms. The van der Waals surface area contributed by atoms with Gasteiger partial charge in [0.15, 0.2) is 0 Å². The van der Waals surface area contributed by atoms with E-state index in [4.69, 9.17) is 0 Å². The third-order valence-corrected chi connectivity index (χ3v) is 5.24. The molecule has 3 aromatic rings. The number of aromatic nitrogens is 1. The van der Waals surface area contributed by atoms with Crippen LogP contribution in [-0.4, -0.2) is 22.9 Å². The zero-order valence-electron chi connectivity index (χ0n) is 15.8. The van der Waals surface area contributed by atoms with E-state index in [9.17, 15) is 9.59 Å². The van der Waals surface area contributed by atoms with Gasteiger partial charge in [0.1, 0.15) is 5.92 Å². The molecule has 4 rings (SSSR count). The van der Waals surface area contributed by atoms with Crippen molar-refractivity contribution in [2.45, 2.75) is 19.4 Å². The highest BCUT2D eigenvalue weighted by Crippen LogP contribution is 2.31. The Morgan fingerprint density at radius 3 is 2.32 bits per heavy atom. The standard InChI is InChI=1S/C23H23N3O2/c1-17(18-9-3-2-4-10-18)24-22(27)19-13-16-26(23(19)28)21-12-6-5-11-20(21)25-14-7-8-15-25/h2-12,14-15,17,19H,13,16H2,1H3,(H,24,27)/t17-,19-/m1/s1. The van der Waals surface area contributed by atoms with Crippen LogP contribution in [0.5, 0.6) is 0 Å². The SMILES string of the molecule is C[C@@H](NC(=O)[C@H]1CCN(c2ccccc2-n2cccc2)C1=O)c1ccccc1. The first kappa shape index (κ1) is 18.0. The third kappa shape index (κ3) is 3.43. The van der Waals surface area contributed by atoms with Gasteiger partial charge < -0.3 is 14.8 Å². The molecule has 0 unspecified atom stereocenters. The molecule has 2 aromatic carbocycles. The predicted octanol–water partition coefficient (Wildman–Crippen LogP) is 3.71. The normalized spacial score (nSPS) is 17.5. The first-order chi connectivity index (χ1) is 13.6. The molecule has 0 aliphatic carbocycles. The van der Waals surface area contributed by atoms with Gasteiger partial charge in [-0.2, -0.15) is 0 Å². The quantitative estimate of drug-likeness (QED) is 0.693. The van der Waals surface area contributed by atoms with Gasteiger partial charge in [0.2, 0.25) is 11.8 Å². The first-order valence-electron chi connectivity index (χ1n) is 9.54. The van der Waals surface area contributed by atoms with Crippen molar-refractivity contribution in [1.82, 2.24) is 9.88 Å². The van der Waals surface area contributed by atoms with Gasteiger partial charge in [-0.15, -0.1) is 0 Å². The van der Waals surface area contributed by atoms with Crippen LogP contribution >= 0.6 is 0 Å². The van der Waals surface area contributed by atoms with Crippen LogP contribution in [0.4, 0.5) is 5.69 Å². The number of carbonyl (C=O) groups is 2. The van der Waals surface area contributed by atoms with Crippen molar-refractivity contribution in [1.29, 1.82) is 0 Å². The number of para-hydroxylation sites is 2. The van der Waals surface area contributed by atoms with Crippen molar-refractivity contribution in [3.05, 3.63) is 84.7 Å². The van der Waals surface area contributed by atoms with E-state index in [-0.39, 0.29) is 17.9 Å². The molecular formula is C23H23N3O2. The number of nitrogens with zero attached hydrogens (tertiary/aromatic N) is 2. The summed E-state index contributed by atoms with van der Waals surface area (Å²) in [7, 11) is 0. The van der Waals surface area contributed by atoms with Crippen molar-refractivity contribution in [2.24, 2.45) is 5.92 Å². The summed E-state index contributed by atoms with van der Waals surface area (Å²) in [5.41, 5.74) is 2.78. The van der Waals surface area contributed by atoms with Crippen LogP contribution in [0.15, 0.2) is 79.1 Å². The number of rotatable bonds is 5. The highest BCUT2D eigenvalue weighted by Gasteiger charge is 2.38. The van der Waals surface area contributed by atoms with Crippen molar-refractivity contribution >= 4 is 17.5 Å². The maximum atomic E-state index is 13.0. The van der Waals surface area contributed by atoms with E-state index in [0.29, 0.717) is 13.0 Å². The van der Waals surface area contributed by atoms with E-state index < -0.39 is 5.92 Å². The fourth-order valence-electron chi connectivity index (χ4n) is 3.71. The van der Waals surface area contributed by atoms with E-state index >= 15 is 0 Å². The highest BCUT2D eigenvalue weighted by atomic mass is 16.2. The molecule has 0 saturated carbocycles. The van der Waals surface area contributed by atoms with Crippen LogP contribution in [0.25, 0.3) is 5.69 Å². The maximum absolute atomic E-state index is 13.0. The lowest BCUT2D eigenvalue weighted by atomic mass is 10.0. The smallest absolute Gasteiger partial charge is 0.239 e. The van der Waals surface area contributed by atoms with E-state index in [0.717, 1.165) is 16.9 Å². The summed E-state index contributed by atoms with van der Waals surface area (Å²) in [5.74, 6) is -0.997. The Kier molecular flexibility index (Phi) is 4.98. The summed E-state index contributed by atoms with van der Waals surface area (Å²) in [6, 6.07) is 21.3. The van der Waals surface area contributed by atoms with Crippen LogP contribution in [-0.2, 0) is 9.59 Å². The molecule has 5 nitrogen and oxygen atoms in total. The minimum atomic E-state index is -0.649. The fourth-order valence-corrected chi connectivity index (χ4v) is 3.71. The number of hydrogen-bond donors (Lipinski definition) is 1. The average molecular weight is 373 g/mol. The molecular weight excluding hydrogens is 350 g/mol. The minimum Gasteiger partial charge on any atom is -0.349 e. The molecule has 0 radical (unpaired) electrons. The lowest BCUT2D eigenvalue weighted by Crippen LogP contribution is -2.38. The lowest BCUT2D eigenvalue weighted by Gasteiger charge is -2.21. The van der Waals surface area contributed by atoms with Gasteiger partial charge in [0, 0.05) is 18.9 Å². The van der Waals surface area contributed by atoms with Gasteiger partial charge in [-0.05, 0) is 43.2 Å². The second-order valence-corrected chi connectivity index (χ2v) is 7.05. The molecule has 142 valence electrons. The Morgan fingerprint density at radius 1 is 0.964 bits per heavy atom. The Balaban J connectivity index is 1.51. The molecule has 1 aliphatic rings. The summed E-state index contributed by atoms with van der Waals surface area (Å²) >= 11 is 0. The zero-order chi connectivity index (χ0) is 19.5. The molecule has 1 aromatic heterocycles. The molecule has 0 bridgehead atoms. The molecule has 1 saturated heterocycles. The summed E-state index contributed by atoms with van der Waals surface area (Å²) in [4.78, 5) is 27.5. The fraction of sp³-hybridized carbons (Fsp3) is 0.217. The van der Waals surface area contributed by atoms with Crippen LogP contribution < -0.4 is 10.2 Å². The summed E-state index contributed by atoms with van der Waals surface area (Å²) in [5, 5.41) is 2.99. The molecule has 2 amide bonds. The summed E-state index contributed by atoms with van der Waals surface area (Å²) < 4.78 is 1.98. The minimum absolute atomic E-state index is 0.136. The monoisotopic (exact) mass is 373 g/mol. The highest BCUT2D eigenvalue weighted by molar-refractivity contribution is 6.10. The Morgan fingerprint density at radius 2 is 1.61 bits per heavy atom. The van der Waals surface area contributed by atoms with Crippen LogP contribution in [0, 0.1) is 5.92 Å². The molecule has 0 spiro atoms. The number of hydrogen-bond acceptors (Lipinski definition) is 2. The molecule has 1 fully saturated rings. The number of anilines is 1. The van der Waals surface area contributed by atoms with Gasteiger partial charge in [0.05, 0.1) is 17.4 Å². The van der Waals surface area contributed by atoms with Gasteiger partial charge in [-0.3, -0.25) is 9.59 Å². The molecule has 2 heterocycles. The average Bonchev–Trinajstić information content (AvgIpc) is 3.38. The third-order valence-electron chi connectivity index (χ3n) is 5.24. The van der Waals surface area contributed by atoms with Crippen LogP contribution in [0.3, 0.4) is 0 Å². The van der Waals surface area contributed by atoms with Crippen molar-refractivity contribution in [3.8, 4) is 5.69 Å². The second kappa shape index (κ2) is 7.72. The Hall–Kier alpha value is -3.34. The maximum Gasteiger partial charge on any atom is 0.239 e. The van der Waals surface area contributed by atoms with Gasteiger partial charge in [-0.25, -0.2) is 0 Å². The zero-order valence-corrected chi connectivity index (χ0v) is 15.8. The predicted molar refractivity (Wildman–Crippen MR) is 109 cm³/mol. The number of nitrogens with one attached hydrogen (secondary N) is 1. The number of benzene rings is 2. The van der Waals surface area contributed by atoms with Gasteiger partial charge in [0.25, 0.3) is 0 Å². The first-order valence-corrected chi connectivity index (χ1v) is 9.54. The molecule has 1 aliphatic heterocycles. The van der Waals surface area contributed by atoms with Crippen molar-refractivity contribution in [2.75, 3.05) is 11.4 Å². The molecule has 1 N–H and O–H groups in total. The summed E-state index contributed by atoms with van der Waals surface area (Å²) in [6.45, 7) is 2.47. The number of amides is 2.